The van der Waals surface area contributed by atoms with Gasteiger partial charge in [-0.15, -0.1) is 11.3 Å². The molecule has 0 N–H and O–H groups in total. The number of esters is 1. The number of carbonyl (C=O) groups excluding carboxylic acids is 1. The summed E-state index contributed by atoms with van der Waals surface area (Å²) in [6, 6.07) is 3.05. The number of thiazole rings is 1. The maximum absolute atomic E-state index is 11.9. The van der Waals surface area contributed by atoms with Gasteiger partial charge in [-0.05, 0) is 19.0 Å². The van der Waals surface area contributed by atoms with Crippen LogP contribution >= 0.6 is 22.9 Å². The fraction of sp³-hybridized carbons (Fsp3) is 0.421. The average Bonchev–Trinajstić information content (AvgIpc) is 3.26. The van der Waals surface area contributed by atoms with Crippen LogP contribution in [0.3, 0.4) is 0 Å². The third-order valence-electron chi connectivity index (χ3n) is 4.16. The van der Waals surface area contributed by atoms with Crippen molar-refractivity contribution in [3.8, 4) is 10.6 Å². The molecular weight excluding hydrogens is 414 g/mol. The number of carbonyl (C=O) groups is 1. The van der Waals surface area contributed by atoms with Gasteiger partial charge in [-0.1, -0.05) is 31.2 Å². The van der Waals surface area contributed by atoms with Crippen molar-refractivity contribution in [2.24, 2.45) is 0 Å². The number of aromatic nitrogens is 3. The lowest BCUT2D eigenvalue weighted by atomic mass is 10.2. The quantitative estimate of drug-likeness (QED) is 0.271. The predicted molar refractivity (Wildman–Crippen MR) is 116 cm³/mol. The minimum atomic E-state index is -1.11. The van der Waals surface area contributed by atoms with E-state index in [4.69, 9.17) is 21.1 Å². The second-order valence-electron chi connectivity index (χ2n) is 7.61. The highest BCUT2D eigenvalue weighted by Crippen LogP contribution is 2.35. The highest BCUT2D eigenvalue weighted by molar-refractivity contribution is 7.16. The number of hydrogen-bond acceptors (Lipinski definition) is 6. The maximum atomic E-state index is 11.9. The number of halogens is 1. The summed E-state index contributed by atoms with van der Waals surface area (Å²) < 4.78 is 12.8. The Morgan fingerprint density at radius 3 is 2.79 bits per heavy atom. The summed E-state index contributed by atoms with van der Waals surface area (Å²) in [5, 5.41) is 2.04. The lowest BCUT2D eigenvalue weighted by Gasteiger charge is -2.15. The van der Waals surface area contributed by atoms with Gasteiger partial charge in [0.2, 0.25) is 0 Å². The van der Waals surface area contributed by atoms with E-state index in [0.29, 0.717) is 33.8 Å². The molecule has 0 unspecified atom stereocenters. The van der Waals surface area contributed by atoms with Crippen LogP contribution in [0.25, 0.3) is 21.6 Å². The third-order valence-corrected chi connectivity index (χ3v) is 7.28. The zero-order valence-electron chi connectivity index (χ0n) is 16.5. The molecule has 0 atom stereocenters. The number of fused-ring (bicyclic) bond motifs is 1. The van der Waals surface area contributed by atoms with Gasteiger partial charge in [-0.3, -0.25) is 0 Å². The van der Waals surface area contributed by atoms with Crippen molar-refractivity contribution < 1.29 is 14.3 Å². The van der Waals surface area contributed by atoms with E-state index >= 15 is 0 Å². The molecule has 0 fully saturated rings. The van der Waals surface area contributed by atoms with E-state index in [1.165, 1.54) is 17.5 Å². The molecule has 0 radical (unpaired) electrons. The van der Waals surface area contributed by atoms with Crippen LogP contribution in [0.4, 0.5) is 0 Å². The lowest BCUT2D eigenvalue weighted by molar-refractivity contribution is 0.0532. The van der Waals surface area contributed by atoms with Crippen LogP contribution in [-0.2, 0) is 16.2 Å². The molecule has 0 aromatic carbocycles. The number of rotatable bonds is 8. The molecule has 0 saturated carbocycles. The van der Waals surface area contributed by atoms with Gasteiger partial charge < -0.3 is 14.0 Å². The molecule has 6 nitrogen and oxygen atoms in total. The van der Waals surface area contributed by atoms with Crippen molar-refractivity contribution in [1.29, 1.82) is 0 Å². The van der Waals surface area contributed by atoms with Crippen LogP contribution in [0.15, 0.2) is 24.7 Å². The summed E-state index contributed by atoms with van der Waals surface area (Å²) in [6.07, 6.45) is 5.13. The van der Waals surface area contributed by atoms with Crippen LogP contribution in [0.1, 0.15) is 16.6 Å². The molecule has 3 rings (SSSR count). The number of nitrogens with zero attached hydrogens (tertiary/aromatic N) is 3. The van der Waals surface area contributed by atoms with E-state index in [-0.39, 0.29) is 5.97 Å². The van der Waals surface area contributed by atoms with Gasteiger partial charge in [0.25, 0.3) is 0 Å². The highest BCUT2D eigenvalue weighted by Gasteiger charge is 2.18. The Morgan fingerprint density at radius 1 is 1.29 bits per heavy atom. The van der Waals surface area contributed by atoms with Crippen LogP contribution in [-0.4, -0.2) is 41.8 Å². The predicted octanol–water partition coefficient (Wildman–Crippen LogP) is 5.30. The minimum Gasteiger partial charge on any atom is -0.462 e. The Morgan fingerprint density at radius 2 is 2.07 bits per heavy atom. The van der Waals surface area contributed by atoms with E-state index in [1.807, 2.05) is 16.8 Å². The van der Waals surface area contributed by atoms with E-state index in [9.17, 15) is 4.79 Å². The van der Waals surface area contributed by atoms with Gasteiger partial charge >= 0.3 is 5.97 Å². The molecule has 0 saturated heterocycles. The molecule has 0 aliphatic carbocycles. The van der Waals surface area contributed by atoms with Crippen molar-refractivity contribution in [2.45, 2.75) is 39.3 Å². The van der Waals surface area contributed by atoms with Gasteiger partial charge in [0, 0.05) is 38.0 Å². The molecule has 150 valence electrons. The first kappa shape index (κ1) is 21.0. The molecule has 9 heteroatoms. The van der Waals surface area contributed by atoms with Crippen LogP contribution < -0.4 is 0 Å². The Hall–Kier alpha value is -1.74. The summed E-state index contributed by atoms with van der Waals surface area (Å²) in [5.41, 5.74) is 1.47. The van der Waals surface area contributed by atoms with Gasteiger partial charge in [0.1, 0.15) is 22.3 Å². The van der Waals surface area contributed by atoms with Gasteiger partial charge in [0.05, 0.1) is 17.8 Å². The Labute approximate surface area is 174 Å². The SMILES string of the molecule is CCOC(=O)c1cnc(-c2cnc3c(ccn3COCC[Si](C)(C)C)c2Cl)s1. The Kier molecular flexibility index (Phi) is 6.54. The lowest BCUT2D eigenvalue weighted by Crippen LogP contribution is -2.22. The molecule has 0 bridgehead atoms. The van der Waals surface area contributed by atoms with E-state index in [0.717, 1.165) is 23.7 Å². The Balaban J connectivity index is 1.78. The summed E-state index contributed by atoms with van der Waals surface area (Å²) in [6.45, 7) is 10.3. The van der Waals surface area contributed by atoms with Crippen LogP contribution in [0, 0.1) is 0 Å². The molecule has 3 aromatic heterocycles. The normalized spacial score (nSPS) is 11.9. The van der Waals surface area contributed by atoms with Gasteiger partial charge in [-0.25, -0.2) is 14.8 Å². The first-order valence-electron chi connectivity index (χ1n) is 9.14. The zero-order chi connectivity index (χ0) is 20.3. The fourth-order valence-electron chi connectivity index (χ4n) is 2.60. The van der Waals surface area contributed by atoms with Crippen molar-refractivity contribution >= 4 is 48.0 Å². The Bertz CT molecular complexity index is 981. The summed E-state index contributed by atoms with van der Waals surface area (Å²) in [7, 11) is -1.11. The molecule has 3 aromatic rings. The maximum Gasteiger partial charge on any atom is 0.349 e. The molecule has 28 heavy (non-hydrogen) atoms. The van der Waals surface area contributed by atoms with Gasteiger partial charge in [0.15, 0.2) is 0 Å². The van der Waals surface area contributed by atoms with Crippen LogP contribution in [0.2, 0.25) is 30.7 Å². The topological polar surface area (TPSA) is 66.2 Å². The summed E-state index contributed by atoms with van der Waals surface area (Å²) in [4.78, 5) is 21.2. The van der Waals surface area contributed by atoms with Crippen molar-refractivity contribution in [2.75, 3.05) is 13.2 Å². The molecule has 0 spiro atoms. The van der Waals surface area contributed by atoms with Crippen molar-refractivity contribution in [3.05, 3.63) is 34.6 Å². The third kappa shape index (κ3) is 4.80. The van der Waals surface area contributed by atoms with E-state index in [2.05, 4.69) is 29.6 Å². The van der Waals surface area contributed by atoms with Crippen LogP contribution in [0.5, 0.6) is 0 Å². The standard InChI is InChI=1S/C19H24ClN3O3SSi/c1-5-26-19(24)15-11-22-18(27-15)14-10-21-17-13(16(14)20)6-7-23(17)12-25-8-9-28(2,3)4/h6-7,10-11H,5,8-9,12H2,1-4H3. The second-order valence-corrected chi connectivity index (χ2v) is 14.6. The smallest absolute Gasteiger partial charge is 0.349 e. The second kappa shape index (κ2) is 8.73. The minimum absolute atomic E-state index is 0.327. The van der Waals surface area contributed by atoms with E-state index in [1.54, 1.807) is 13.1 Å². The largest absolute Gasteiger partial charge is 0.462 e. The van der Waals surface area contributed by atoms with E-state index < -0.39 is 8.07 Å². The molecule has 0 aliphatic rings. The van der Waals surface area contributed by atoms with Crippen molar-refractivity contribution in [1.82, 2.24) is 14.5 Å². The first-order chi connectivity index (χ1) is 13.3. The fourth-order valence-corrected chi connectivity index (χ4v) is 4.52. The summed E-state index contributed by atoms with van der Waals surface area (Å²) >= 11 is 7.87. The van der Waals surface area contributed by atoms with Crippen molar-refractivity contribution in [3.63, 3.8) is 0 Å². The number of ether oxygens (including phenoxy) is 2. The molecular formula is C19H24ClN3O3SSi. The molecule has 3 heterocycles. The first-order valence-corrected chi connectivity index (χ1v) is 14.0. The molecule has 0 aliphatic heterocycles. The number of pyridine rings is 1. The average molecular weight is 438 g/mol. The highest BCUT2D eigenvalue weighted by atomic mass is 35.5. The number of hydrogen-bond donors (Lipinski definition) is 0. The molecule has 0 amide bonds. The monoisotopic (exact) mass is 437 g/mol. The zero-order valence-corrected chi connectivity index (χ0v) is 19.1. The van der Waals surface area contributed by atoms with Gasteiger partial charge in [-0.2, -0.15) is 0 Å². The summed E-state index contributed by atoms with van der Waals surface area (Å²) in [5.74, 6) is -0.377.